The van der Waals surface area contributed by atoms with Gasteiger partial charge >= 0.3 is 0 Å². The summed E-state index contributed by atoms with van der Waals surface area (Å²) in [6.07, 6.45) is 1.80. The number of carbonyl (C=O) groups is 2. The molecule has 2 rings (SSSR count). The maximum Gasteiger partial charge on any atom is 0.257 e. The van der Waals surface area contributed by atoms with Crippen molar-refractivity contribution in [1.82, 2.24) is 14.9 Å². The Morgan fingerprint density at radius 1 is 1.50 bits per heavy atom. The second-order valence-electron chi connectivity index (χ2n) is 3.87. The molecule has 1 N–H and O–H groups in total. The Morgan fingerprint density at radius 2 is 2.28 bits per heavy atom. The van der Waals surface area contributed by atoms with E-state index in [1.807, 2.05) is 0 Å². The van der Waals surface area contributed by atoms with Crippen LogP contribution in [-0.4, -0.2) is 28.0 Å². The Hall–Kier alpha value is -2.18. The molecule has 1 aliphatic heterocycles. The van der Waals surface area contributed by atoms with Crippen molar-refractivity contribution in [3.05, 3.63) is 22.7 Å². The average Bonchev–Trinajstić information content (AvgIpc) is 2.31. The Bertz CT molecular complexity index is 537. The summed E-state index contributed by atoms with van der Waals surface area (Å²) in [5, 5.41) is 2.20. The van der Waals surface area contributed by atoms with Gasteiger partial charge in [-0.25, -0.2) is 4.98 Å². The first-order chi connectivity index (χ1) is 8.61. The van der Waals surface area contributed by atoms with Crippen molar-refractivity contribution < 1.29 is 14.3 Å². The smallest absolute Gasteiger partial charge is 0.257 e. The molecule has 1 fully saturated rings. The molecule has 1 aromatic rings. The van der Waals surface area contributed by atoms with E-state index >= 15 is 0 Å². The Balaban J connectivity index is 2.26. The van der Waals surface area contributed by atoms with Crippen LogP contribution in [0.3, 0.4) is 0 Å². The molecular formula is C11H13N3O4. The van der Waals surface area contributed by atoms with Gasteiger partial charge in [-0.2, -0.15) is 0 Å². The van der Waals surface area contributed by atoms with Gasteiger partial charge in [0.1, 0.15) is 12.4 Å². The minimum atomic E-state index is -0.682. The van der Waals surface area contributed by atoms with E-state index in [1.165, 1.54) is 17.0 Å². The van der Waals surface area contributed by atoms with Crippen LogP contribution in [0.15, 0.2) is 17.2 Å². The third-order valence-corrected chi connectivity index (χ3v) is 2.65. The Morgan fingerprint density at radius 3 is 2.89 bits per heavy atom. The van der Waals surface area contributed by atoms with Gasteiger partial charge in [0, 0.05) is 6.42 Å². The molecule has 7 nitrogen and oxygen atoms in total. The van der Waals surface area contributed by atoms with Crippen molar-refractivity contribution in [2.45, 2.75) is 25.8 Å². The fourth-order valence-corrected chi connectivity index (χ4v) is 1.80. The Labute approximate surface area is 103 Å². The van der Waals surface area contributed by atoms with E-state index in [4.69, 9.17) is 4.74 Å². The molecule has 0 spiro atoms. The zero-order valence-corrected chi connectivity index (χ0v) is 9.88. The highest BCUT2D eigenvalue weighted by Gasteiger charge is 2.28. The van der Waals surface area contributed by atoms with Gasteiger partial charge in [0.25, 0.3) is 5.56 Å². The number of piperidine rings is 1. The number of amides is 2. The molecule has 0 bridgehead atoms. The molecular weight excluding hydrogens is 238 g/mol. The van der Waals surface area contributed by atoms with Crippen molar-refractivity contribution in [2.24, 2.45) is 0 Å². The van der Waals surface area contributed by atoms with Gasteiger partial charge in [-0.1, -0.05) is 0 Å². The van der Waals surface area contributed by atoms with E-state index in [0.717, 1.165) is 0 Å². The molecule has 18 heavy (non-hydrogen) atoms. The predicted octanol–water partition coefficient (Wildman–Crippen LogP) is -0.380. The van der Waals surface area contributed by atoms with Crippen LogP contribution in [0.1, 0.15) is 25.8 Å². The number of ether oxygens (including phenoxy) is 1. The molecule has 0 radical (unpaired) electrons. The third kappa shape index (κ3) is 2.39. The summed E-state index contributed by atoms with van der Waals surface area (Å²) in [6, 6.07) is 0.547. The van der Waals surface area contributed by atoms with E-state index in [9.17, 15) is 14.4 Å². The largest absolute Gasteiger partial charge is 0.478 e. The lowest BCUT2D eigenvalue weighted by Crippen LogP contribution is -2.44. The summed E-state index contributed by atoms with van der Waals surface area (Å²) in [7, 11) is 0. The summed E-state index contributed by atoms with van der Waals surface area (Å²) >= 11 is 0. The third-order valence-electron chi connectivity index (χ3n) is 2.65. The molecule has 1 aliphatic rings. The molecule has 2 heterocycles. The first-order valence-corrected chi connectivity index (χ1v) is 5.66. The number of rotatable bonds is 3. The van der Waals surface area contributed by atoms with E-state index in [0.29, 0.717) is 13.0 Å². The normalized spacial score (nSPS) is 19.5. The minimum absolute atomic E-state index is 0.218. The van der Waals surface area contributed by atoms with Crippen LogP contribution in [0.2, 0.25) is 0 Å². The van der Waals surface area contributed by atoms with Crippen LogP contribution in [-0.2, 0) is 9.59 Å². The molecule has 2 amide bonds. The van der Waals surface area contributed by atoms with Gasteiger partial charge in [-0.3, -0.25) is 24.3 Å². The number of hydrogen-bond donors (Lipinski definition) is 1. The van der Waals surface area contributed by atoms with Crippen molar-refractivity contribution in [2.75, 3.05) is 6.61 Å². The first kappa shape index (κ1) is 12.3. The van der Waals surface area contributed by atoms with Crippen LogP contribution in [0.5, 0.6) is 5.88 Å². The first-order valence-electron chi connectivity index (χ1n) is 5.66. The molecule has 96 valence electrons. The lowest BCUT2D eigenvalue weighted by Gasteiger charge is -2.22. The quantitative estimate of drug-likeness (QED) is 0.739. The summed E-state index contributed by atoms with van der Waals surface area (Å²) in [4.78, 5) is 38.4. The van der Waals surface area contributed by atoms with Gasteiger partial charge in [0.2, 0.25) is 17.7 Å². The average molecular weight is 251 g/mol. The standard InChI is InChI=1S/C11H13N3O4/c1-2-18-9-5-10(16)14(6-12-9)7-3-4-8(15)13-11(7)17/h5-7H,2-4H2,1H3,(H,13,15,17). The van der Waals surface area contributed by atoms with Gasteiger partial charge in [0.05, 0.1) is 12.7 Å². The van der Waals surface area contributed by atoms with Crippen LogP contribution < -0.4 is 15.6 Å². The second kappa shape index (κ2) is 4.99. The van der Waals surface area contributed by atoms with Crippen LogP contribution >= 0.6 is 0 Å². The number of nitrogens with zero attached hydrogens (tertiary/aromatic N) is 2. The molecule has 7 heteroatoms. The van der Waals surface area contributed by atoms with Crippen LogP contribution in [0, 0.1) is 0 Å². The van der Waals surface area contributed by atoms with Gasteiger partial charge < -0.3 is 4.74 Å². The molecule has 0 saturated carbocycles. The monoisotopic (exact) mass is 251 g/mol. The van der Waals surface area contributed by atoms with E-state index in [2.05, 4.69) is 10.3 Å². The van der Waals surface area contributed by atoms with Crippen molar-refractivity contribution in [3.8, 4) is 5.88 Å². The van der Waals surface area contributed by atoms with Crippen LogP contribution in [0.25, 0.3) is 0 Å². The number of hydrogen-bond acceptors (Lipinski definition) is 5. The summed E-state index contributed by atoms with van der Waals surface area (Å²) < 4.78 is 6.31. The lowest BCUT2D eigenvalue weighted by molar-refractivity contribution is -0.135. The molecule has 1 unspecified atom stereocenters. The molecule has 1 saturated heterocycles. The highest BCUT2D eigenvalue weighted by atomic mass is 16.5. The van der Waals surface area contributed by atoms with Crippen molar-refractivity contribution >= 4 is 11.8 Å². The SMILES string of the molecule is CCOc1cc(=O)n(C2CCC(=O)NC2=O)cn1. The number of imide groups is 1. The summed E-state index contributed by atoms with van der Waals surface area (Å²) in [5.41, 5.74) is -0.372. The second-order valence-corrected chi connectivity index (χ2v) is 3.87. The molecule has 0 aromatic carbocycles. The predicted molar refractivity (Wildman–Crippen MR) is 61.1 cm³/mol. The topological polar surface area (TPSA) is 90.3 Å². The number of carbonyl (C=O) groups excluding carboxylic acids is 2. The highest BCUT2D eigenvalue weighted by molar-refractivity contribution is 5.99. The maximum absolute atomic E-state index is 11.8. The molecule has 0 aliphatic carbocycles. The van der Waals surface area contributed by atoms with Gasteiger partial charge in [0.15, 0.2) is 0 Å². The Kier molecular flexibility index (Phi) is 3.40. The zero-order chi connectivity index (χ0) is 13.1. The fourth-order valence-electron chi connectivity index (χ4n) is 1.80. The fraction of sp³-hybridized carbons (Fsp3) is 0.455. The van der Waals surface area contributed by atoms with Crippen molar-refractivity contribution in [1.29, 1.82) is 0 Å². The summed E-state index contributed by atoms with van der Waals surface area (Å²) in [6.45, 7) is 2.20. The van der Waals surface area contributed by atoms with E-state index in [-0.39, 0.29) is 23.8 Å². The maximum atomic E-state index is 11.8. The lowest BCUT2D eigenvalue weighted by atomic mass is 10.1. The minimum Gasteiger partial charge on any atom is -0.478 e. The molecule has 1 aromatic heterocycles. The van der Waals surface area contributed by atoms with Gasteiger partial charge in [-0.05, 0) is 13.3 Å². The highest BCUT2D eigenvalue weighted by Crippen LogP contribution is 2.16. The van der Waals surface area contributed by atoms with Crippen LogP contribution in [0.4, 0.5) is 0 Å². The molecule has 1 atom stereocenters. The number of aromatic nitrogens is 2. The zero-order valence-electron chi connectivity index (χ0n) is 9.88. The van der Waals surface area contributed by atoms with E-state index in [1.54, 1.807) is 6.92 Å². The number of nitrogens with one attached hydrogen (secondary N) is 1. The van der Waals surface area contributed by atoms with Gasteiger partial charge in [-0.15, -0.1) is 0 Å². The summed E-state index contributed by atoms with van der Waals surface area (Å²) in [5.74, 6) is -0.562. The van der Waals surface area contributed by atoms with E-state index < -0.39 is 11.9 Å². The van der Waals surface area contributed by atoms with Crippen molar-refractivity contribution in [3.63, 3.8) is 0 Å².